The first-order valence-electron chi connectivity index (χ1n) is 4.70. The van der Waals surface area contributed by atoms with Crippen LogP contribution in [0.4, 0.5) is 0 Å². The van der Waals surface area contributed by atoms with Crippen LogP contribution in [0.5, 0.6) is 5.75 Å². The zero-order chi connectivity index (χ0) is 11.3. The number of methoxy groups -OCH3 is 1. The van der Waals surface area contributed by atoms with E-state index in [1.54, 1.807) is 24.3 Å². The van der Waals surface area contributed by atoms with Crippen molar-refractivity contribution >= 4 is 18.4 Å². The Balaban J connectivity index is 0.00000225. The lowest BCUT2D eigenvalue weighted by molar-refractivity contribution is 0.0600. The number of rotatable bonds is 4. The van der Waals surface area contributed by atoms with Crippen LogP contribution in [0.3, 0.4) is 0 Å². The van der Waals surface area contributed by atoms with E-state index in [-0.39, 0.29) is 24.4 Å². The zero-order valence-electron chi connectivity index (χ0n) is 9.30. The summed E-state index contributed by atoms with van der Waals surface area (Å²) in [4.78, 5) is 11.2. The summed E-state index contributed by atoms with van der Waals surface area (Å²) < 4.78 is 9.97. The van der Waals surface area contributed by atoms with Crippen LogP contribution < -0.4 is 10.5 Å². The lowest BCUT2D eigenvalue weighted by atomic mass is 10.2. The molecule has 0 heterocycles. The first-order chi connectivity index (χ1) is 7.13. The van der Waals surface area contributed by atoms with E-state index < -0.39 is 0 Å². The Hall–Kier alpha value is -1.26. The maximum absolute atomic E-state index is 11.2. The van der Waals surface area contributed by atoms with Crippen LogP contribution in [0, 0.1) is 0 Å². The van der Waals surface area contributed by atoms with Crippen LogP contribution in [-0.4, -0.2) is 25.7 Å². The van der Waals surface area contributed by atoms with E-state index in [1.807, 2.05) is 6.92 Å². The highest BCUT2D eigenvalue weighted by Crippen LogP contribution is 2.14. The largest absolute Gasteiger partial charge is 0.492 e. The highest BCUT2D eigenvalue weighted by atomic mass is 35.5. The summed E-state index contributed by atoms with van der Waals surface area (Å²) in [6.45, 7) is 2.27. The molecule has 90 valence electrons. The summed E-state index contributed by atoms with van der Waals surface area (Å²) in [6.07, 6.45) is 0. The van der Waals surface area contributed by atoms with E-state index in [2.05, 4.69) is 4.74 Å². The Morgan fingerprint density at radius 1 is 1.50 bits per heavy atom. The van der Waals surface area contributed by atoms with Gasteiger partial charge in [-0.1, -0.05) is 6.07 Å². The maximum atomic E-state index is 11.2. The Morgan fingerprint density at radius 2 is 2.19 bits per heavy atom. The van der Waals surface area contributed by atoms with Crippen molar-refractivity contribution in [2.75, 3.05) is 13.7 Å². The van der Waals surface area contributed by atoms with E-state index in [1.165, 1.54) is 7.11 Å². The fourth-order valence-corrected chi connectivity index (χ4v) is 1.06. The second-order valence-electron chi connectivity index (χ2n) is 3.31. The standard InChI is InChI=1S/C11H15NO3.ClH/c1-8(12)7-15-10-5-3-4-9(6-10)11(13)14-2;/h3-6,8H,7,12H2,1-2H3;1H. The van der Waals surface area contributed by atoms with Gasteiger partial charge in [-0.15, -0.1) is 12.4 Å². The van der Waals surface area contributed by atoms with Gasteiger partial charge in [0.25, 0.3) is 0 Å². The number of ether oxygens (including phenoxy) is 2. The first kappa shape index (κ1) is 14.7. The number of carbonyl (C=O) groups is 1. The van der Waals surface area contributed by atoms with Gasteiger partial charge in [0.1, 0.15) is 12.4 Å². The molecule has 1 atom stereocenters. The van der Waals surface area contributed by atoms with Gasteiger partial charge in [0.2, 0.25) is 0 Å². The first-order valence-corrected chi connectivity index (χ1v) is 4.70. The van der Waals surface area contributed by atoms with E-state index >= 15 is 0 Å². The minimum Gasteiger partial charge on any atom is -0.492 e. The summed E-state index contributed by atoms with van der Waals surface area (Å²) >= 11 is 0. The third kappa shape index (κ3) is 4.51. The van der Waals surface area contributed by atoms with E-state index in [4.69, 9.17) is 10.5 Å². The predicted molar refractivity (Wildman–Crippen MR) is 64.2 cm³/mol. The van der Waals surface area contributed by atoms with Gasteiger partial charge in [0.15, 0.2) is 0 Å². The minimum absolute atomic E-state index is 0. The highest BCUT2D eigenvalue weighted by molar-refractivity contribution is 5.89. The van der Waals surface area contributed by atoms with Gasteiger partial charge < -0.3 is 15.2 Å². The molecule has 5 heteroatoms. The summed E-state index contributed by atoms with van der Waals surface area (Å²) in [5, 5.41) is 0. The number of benzene rings is 1. The average Bonchev–Trinajstić information content (AvgIpc) is 2.25. The summed E-state index contributed by atoms with van der Waals surface area (Å²) in [5.41, 5.74) is 6.02. The smallest absolute Gasteiger partial charge is 0.337 e. The lowest BCUT2D eigenvalue weighted by Gasteiger charge is -2.09. The summed E-state index contributed by atoms with van der Waals surface area (Å²) in [5.74, 6) is 0.247. The van der Waals surface area contributed by atoms with E-state index in [9.17, 15) is 4.79 Å². The Labute approximate surface area is 101 Å². The molecule has 0 spiro atoms. The quantitative estimate of drug-likeness (QED) is 0.819. The van der Waals surface area contributed by atoms with E-state index in [0.29, 0.717) is 17.9 Å². The van der Waals surface area contributed by atoms with Gasteiger partial charge in [0, 0.05) is 6.04 Å². The topological polar surface area (TPSA) is 61.5 Å². The molecule has 0 fully saturated rings. The van der Waals surface area contributed by atoms with Crippen molar-refractivity contribution in [3.8, 4) is 5.75 Å². The minimum atomic E-state index is -0.374. The molecule has 0 saturated heterocycles. The molecule has 0 aliphatic rings. The Kier molecular flexibility index (Phi) is 6.53. The fraction of sp³-hybridized carbons (Fsp3) is 0.364. The molecule has 16 heavy (non-hydrogen) atoms. The molecule has 0 aliphatic carbocycles. The number of hydrogen-bond donors (Lipinski definition) is 1. The molecule has 0 aliphatic heterocycles. The highest BCUT2D eigenvalue weighted by Gasteiger charge is 2.06. The fourth-order valence-electron chi connectivity index (χ4n) is 1.06. The van der Waals surface area contributed by atoms with Crippen LogP contribution >= 0.6 is 12.4 Å². The molecule has 1 rings (SSSR count). The number of carbonyl (C=O) groups excluding carboxylic acids is 1. The number of halogens is 1. The van der Waals surface area contributed by atoms with Gasteiger partial charge in [-0.25, -0.2) is 4.79 Å². The molecule has 0 aromatic heterocycles. The average molecular weight is 246 g/mol. The Morgan fingerprint density at radius 3 is 2.75 bits per heavy atom. The molecule has 1 aromatic rings. The van der Waals surface area contributed by atoms with Gasteiger partial charge in [-0.05, 0) is 25.1 Å². The lowest BCUT2D eigenvalue weighted by Crippen LogP contribution is -2.23. The molecule has 4 nitrogen and oxygen atoms in total. The molecule has 2 N–H and O–H groups in total. The molecule has 1 aromatic carbocycles. The van der Waals surface area contributed by atoms with Crippen LogP contribution in [-0.2, 0) is 4.74 Å². The van der Waals surface area contributed by atoms with Gasteiger partial charge in [-0.2, -0.15) is 0 Å². The maximum Gasteiger partial charge on any atom is 0.337 e. The molecule has 0 amide bonds. The second-order valence-corrected chi connectivity index (χ2v) is 3.31. The number of nitrogens with two attached hydrogens (primary N) is 1. The van der Waals surface area contributed by atoms with Crippen LogP contribution in [0.1, 0.15) is 17.3 Å². The molecule has 0 saturated carbocycles. The number of hydrogen-bond acceptors (Lipinski definition) is 4. The van der Waals surface area contributed by atoms with Crippen molar-refractivity contribution in [2.45, 2.75) is 13.0 Å². The van der Waals surface area contributed by atoms with Gasteiger partial charge in [0.05, 0.1) is 12.7 Å². The third-order valence-corrected chi connectivity index (χ3v) is 1.77. The second kappa shape index (κ2) is 7.09. The zero-order valence-corrected chi connectivity index (χ0v) is 10.1. The van der Waals surface area contributed by atoms with Crippen molar-refractivity contribution in [2.24, 2.45) is 5.73 Å². The number of esters is 1. The van der Waals surface area contributed by atoms with Crippen molar-refractivity contribution < 1.29 is 14.3 Å². The van der Waals surface area contributed by atoms with Crippen molar-refractivity contribution in [1.29, 1.82) is 0 Å². The van der Waals surface area contributed by atoms with Gasteiger partial charge in [-0.3, -0.25) is 0 Å². The molecular formula is C11H16ClNO3. The van der Waals surface area contributed by atoms with Crippen LogP contribution in [0.2, 0.25) is 0 Å². The van der Waals surface area contributed by atoms with E-state index in [0.717, 1.165) is 0 Å². The van der Waals surface area contributed by atoms with Crippen molar-refractivity contribution in [3.05, 3.63) is 29.8 Å². The van der Waals surface area contributed by atoms with Crippen molar-refractivity contribution in [3.63, 3.8) is 0 Å². The Bertz CT molecular complexity index is 342. The monoisotopic (exact) mass is 245 g/mol. The van der Waals surface area contributed by atoms with Crippen molar-refractivity contribution in [1.82, 2.24) is 0 Å². The van der Waals surface area contributed by atoms with Gasteiger partial charge >= 0.3 is 5.97 Å². The SMILES string of the molecule is COC(=O)c1cccc(OCC(C)N)c1.Cl. The molecule has 1 unspecified atom stereocenters. The summed E-state index contributed by atoms with van der Waals surface area (Å²) in [6, 6.07) is 6.78. The molecular weight excluding hydrogens is 230 g/mol. The summed E-state index contributed by atoms with van der Waals surface area (Å²) in [7, 11) is 1.35. The third-order valence-electron chi connectivity index (χ3n) is 1.77. The molecule has 0 radical (unpaired) electrons. The molecule has 0 bridgehead atoms. The normalized spacial score (nSPS) is 11.2. The predicted octanol–water partition coefficient (Wildman–Crippen LogP) is 1.62. The van der Waals surface area contributed by atoms with Crippen LogP contribution in [0.15, 0.2) is 24.3 Å². The van der Waals surface area contributed by atoms with Crippen LogP contribution in [0.25, 0.3) is 0 Å².